The van der Waals surface area contributed by atoms with Crippen LogP contribution in [0.4, 0.5) is 0 Å². The van der Waals surface area contributed by atoms with Crippen LogP contribution in [0, 0.1) is 0 Å². The summed E-state index contributed by atoms with van der Waals surface area (Å²) in [6.07, 6.45) is 1.28. The topological polar surface area (TPSA) is 38.7 Å². The van der Waals surface area contributed by atoms with Gasteiger partial charge in [0.2, 0.25) is 0 Å². The Kier molecular flexibility index (Phi) is 2.56. The maximum atomic E-state index is 10.1. The second kappa shape index (κ2) is 3.75. The Morgan fingerprint density at radius 1 is 1.53 bits per heavy atom. The maximum absolute atomic E-state index is 10.1. The zero-order valence-corrected chi connectivity index (χ0v) is 10.8. The minimum Gasteiger partial charge on any atom is -0.506 e. The fourth-order valence-electron chi connectivity index (χ4n) is 2.61. The monoisotopic (exact) mass is 274 g/mol. The first kappa shape index (κ1) is 11.6. The Labute approximate surface area is 109 Å². The molecule has 3 nitrogen and oxygen atoms in total. The molecular weight excluding hydrogens is 263 g/mol. The summed E-state index contributed by atoms with van der Waals surface area (Å²) in [5.41, 5.74) is 1.61. The van der Waals surface area contributed by atoms with Crippen LogP contribution in [-0.2, 0) is 21.7 Å². The standard InChI is InChI=1S/C12H12Cl2O3/c1-2-12-8-4-9(13)10(14)11(15)7(8)3-6(17-12)5-16-12/h4,6,15H,2-3,5H2,1H3. The highest BCUT2D eigenvalue weighted by Gasteiger charge is 2.48. The highest BCUT2D eigenvalue weighted by molar-refractivity contribution is 6.43. The zero-order chi connectivity index (χ0) is 12.2. The lowest BCUT2D eigenvalue weighted by atomic mass is 9.91. The lowest BCUT2D eigenvalue weighted by Gasteiger charge is -2.33. The molecule has 0 amide bonds. The fraction of sp³-hybridized carbons (Fsp3) is 0.500. The Morgan fingerprint density at radius 3 is 3.00 bits per heavy atom. The van der Waals surface area contributed by atoms with Crippen molar-refractivity contribution in [2.24, 2.45) is 0 Å². The molecule has 0 aromatic heterocycles. The lowest BCUT2D eigenvalue weighted by molar-refractivity contribution is -0.185. The number of aromatic hydroxyl groups is 1. The molecule has 1 saturated heterocycles. The molecule has 1 aromatic carbocycles. The Bertz CT molecular complexity index is 489. The molecule has 0 spiro atoms. The van der Waals surface area contributed by atoms with Gasteiger partial charge in [0.1, 0.15) is 10.8 Å². The van der Waals surface area contributed by atoms with Gasteiger partial charge < -0.3 is 14.6 Å². The Balaban J connectivity index is 2.26. The number of halogens is 2. The number of ether oxygens (including phenoxy) is 2. The van der Waals surface area contributed by atoms with E-state index in [0.717, 1.165) is 11.1 Å². The summed E-state index contributed by atoms with van der Waals surface area (Å²) in [5.74, 6) is -0.699. The van der Waals surface area contributed by atoms with E-state index in [1.807, 2.05) is 6.92 Å². The summed E-state index contributed by atoms with van der Waals surface area (Å²) < 4.78 is 11.6. The van der Waals surface area contributed by atoms with Crippen LogP contribution in [-0.4, -0.2) is 17.8 Å². The summed E-state index contributed by atoms with van der Waals surface area (Å²) in [4.78, 5) is 0. The minimum absolute atomic E-state index is 0.00871. The summed E-state index contributed by atoms with van der Waals surface area (Å²) in [5, 5.41) is 10.6. The Hall–Kier alpha value is -0.480. The molecule has 2 aliphatic heterocycles. The number of phenolic OH excluding ortho intramolecular Hbond substituents is 1. The summed E-state index contributed by atoms with van der Waals surface area (Å²) in [6.45, 7) is 2.52. The Morgan fingerprint density at radius 2 is 2.29 bits per heavy atom. The second-order valence-corrected chi connectivity index (χ2v) is 5.19. The van der Waals surface area contributed by atoms with E-state index >= 15 is 0 Å². The van der Waals surface area contributed by atoms with Crippen molar-refractivity contribution in [3.8, 4) is 5.75 Å². The molecule has 2 unspecified atom stereocenters. The van der Waals surface area contributed by atoms with E-state index in [4.69, 9.17) is 32.7 Å². The van der Waals surface area contributed by atoms with Crippen molar-refractivity contribution >= 4 is 23.2 Å². The molecule has 2 atom stereocenters. The van der Waals surface area contributed by atoms with Crippen molar-refractivity contribution in [1.82, 2.24) is 0 Å². The van der Waals surface area contributed by atoms with Gasteiger partial charge in [-0.05, 0) is 6.07 Å². The number of phenols is 1. The molecule has 92 valence electrons. The number of rotatable bonds is 1. The number of hydrogen-bond donors (Lipinski definition) is 1. The number of hydrogen-bond acceptors (Lipinski definition) is 3. The van der Waals surface area contributed by atoms with Crippen LogP contribution >= 0.6 is 23.2 Å². The minimum atomic E-state index is -0.760. The lowest BCUT2D eigenvalue weighted by Crippen LogP contribution is -2.33. The quantitative estimate of drug-likeness (QED) is 0.855. The van der Waals surface area contributed by atoms with Gasteiger partial charge in [-0.3, -0.25) is 0 Å². The predicted octanol–water partition coefficient (Wildman–Crippen LogP) is 3.23. The van der Waals surface area contributed by atoms with Crippen molar-refractivity contribution in [3.63, 3.8) is 0 Å². The van der Waals surface area contributed by atoms with Gasteiger partial charge in [0.25, 0.3) is 0 Å². The van der Waals surface area contributed by atoms with Gasteiger partial charge in [-0.1, -0.05) is 30.1 Å². The van der Waals surface area contributed by atoms with Crippen molar-refractivity contribution in [2.45, 2.75) is 31.7 Å². The summed E-state index contributed by atoms with van der Waals surface area (Å²) >= 11 is 12.0. The fourth-order valence-corrected chi connectivity index (χ4v) is 2.97. The van der Waals surface area contributed by atoms with Gasteiger partial charge in [-0.2, -0.15) is 0 Å². The van der Waals surface area contributed by atoms with Crippen molar-refractivity contribution < 1.29 is 14.6 Å². The van der Waals surface area contributed by atoms with E-state index in [2.05, 4.69) is 0 Å². The average Bonchev–Trinajstić information content (AvgIpc) is 2.68. The van der Waals surface area contributed by atoms with E-state index in [1.165, 1.54) is 0 Å². The first-order chi connectivity index (χ1) is 8.07. The molecule has 1 aromatic rings. The van der Waals surface area contributed by atoms with Gasteiger partial charge in [0.05, 0.1) is 17.7 Å². The number of fused-ring (bicyclic) bond motifs is 4. The molecule has 2 aliphatic rings. The molecule has 1 fully saturated rings. The van der Waals surface area contributed by atoms with Gasteiger partial charge in [-0.15, -0.1) is 0 Å². The summed E-state index contributed by atoms with van der Waals surface area (Å²) in [7, 11) is 0. The van der Waals surface area contributed by atoms with E-state index in [9.17, 15) is 5.11 Å². The third-order valence-electron chi connectivity index (χ3n) is 3.47. The van der Waals surface area contributed by atoms with Crippen LogP contribution in [0.3, 0.4) is 0 Å². The van der Waals surface area contributed by atoms with E-state index < -0.39 is 5.79 Å². The maximum Gasteiger partial charge on any atom is 0.195 e. The highest BCUT2D eigenvalue weighted by Crippen LogP contribution is 2.50. The largest absolute Gasteiger partial charge is 0.506 e. The molecular formula is C12H12Cl2O3. The van der Waals surface area contributed by atoms with Crippen LogP contribution in [0.25, 0.3) is 0 Å². The first-order valence-corrected chi connectivity index (χ1v) is 6.35. The van der Waals surface area contributed by atoms with Gasteiger partial charge in [0, 0.05) is 24.0 Å². The smallest absolute Gasteiger partial charge is 0.195 e. The third kappa shape index (κ3) is 1.50. The van der Waals surface area contributed by atoms with E-state index in [1.54, 1.807) is 6.07 Å². The van der Waals surface area contributed by atoms with Crippen LogP contribution in [0.2, 0.25) is 10.0 Å². The third-order valence-corrected chi connectivity index (χ3v) is 4.24. The van der Waals surface area contributed by atoms with Crippen LogP contribution in [0.1, 0.15) is 24.5 Å². The van der Waals surface area contributed by atoms with Crippen molar-refractivity contribution in [2.75, 3.05) is 6.61 Å². The molecule has 17 heavy (non-hydrogen) atoms. The van der Waals surface area contributed by atoms with Crippen molar-refractivity contribution in [3.05, 3.63) is 27.2 Å². The normalized spacial score (nSPS) is 30.4. The highest BCUT2D eigenvalue weighted by atomic mass is 35.5. The summed E-state index contributed by atoms with van der Waals surface area (Å²) in [6, 6.07) is 1.74. The molecule has 1 N–H and O–H groups in total. The van der Waals surface area contributed by atoms with Gasteiger partial charge in [0.15, 0.2) is 5.79 Å². The molecule has 0 aliphatic carbocycles. The second-order valence-electron chi connectivity index (χ2n) is 4.41. The van der Waals surface area contributed by atoms with Crippen LogP contribution < -0.4 is 0 Å². The average molecular weight is 275 g/mol. The van der Waals surface area contributed by atoms with E-state index in [0.29, 0.717) is 24.5 Å². The van der Waals surface area contributed by atoms with E-state index in [-0.39, 0.29) is 16.9 Å². The molecule has 5 heteroatoms. The first-order valence-electron chi connectivity index (χ1n) is 5.59. The number of benzene rings is 1. The van der Waals surface area contributed by atoms with Crippen LogP contribution in [0.15, 0.2) is 6.07 Å². The van der Waals surface area contributed by atoms with Crippen molar-refractivity contribution in [1.29, 1.82) is 0 Å². The molecule has 0 radical (unpaired) electrons. The molecule has 2 heterocycles. The van der Waals surface area contributed by atoms with Gasteiger partial charge >= 0.3 is 0 Å². The van der Waals surface area contributed by atoms with Gasteiger partial charge in [-0.25, -0.2) is 0 Å². The molecule has 2 bridgehead atoms. The molecule has 3 rings (SSSR count). The molecule has 0 saturated carbocycles. The zero-order valence-electron chi connectivity index (χ0n) is 9.30. The van der Waals surface area contributed by atoms with Crippen LogP contribution in [0.5, 0.6) is 5.75 Å². The predicted molar refractivity (Wildman–Crippen MR) is 64.6 cm³/mol. The SMILES string of the molecule is CCC12OCC(Cc3c1cc(Cl)c(Cl)c3O)O2.